The summed E-state index contributed by atoms with van der Waals surface area (Å²) in [6.45, 7) is 0. The number of hydrogen-bond donors (Lipinski definition) is 1. The first-order valence-electron chi connectivity index (χ1n) is 13.3. The van der Waals surface area contributed by atoms with E-state index in [2.05, 4.69) is 0 Å². The Morgan fingerprint density at radius 2 is 1.45 bits per heavy atom. The number of anilines is 3. The summed E-state index contributed by atoms with van der Waals surface area (Å²) in [6.07, 6.45) is 0. The van der Waals surface area contributed by atoms with Crippen LogP contribution in [0.4, 0.5) is 17.1 Å². The molecule has 0 spiro atoms. The maximum Gasteiger partial charge on any atom is 0.275 e. The fraction of sp³-hybridized carbons (Fsp3) is 0.0588. The number of nitrogens with two attached hydrogens (primary N) is 1. The van der Waals surface area contributed by atoms with Crippen molar-refractivity contribution < 1.29 is 14.3 Å². The molecular formula is C34H25N3O3S2. The molecule has 6 aromatic rings. The number of pyridine rings is 1. The van der Waals surface area contributed by atoms with E-state index < -0.39 is 0 Å². The highest BCUT2D eigenvalue weighted by atomic mass is 32.2. The quantitative estimate of drug-likeness (QED) is 0.217. The molecule has 0 saturated carbocycles. The maximum absolute atomic E-state index is 14.5. The highest BCUT2D eigenvalue weighted by Gasteiger charge is 2.32. The van der Waals surface area contributed by atoms with Gasteiger partial charge in [-0.15, -0.1) is 11.3 Å². The number of thiophene rings is 1. The molecule has 0 saturated heterocycles. The first-order chi connectivity index (χ1) is 20.6. The summed E-state index contributed by atoms with van der Waals surface area (Å²) in [7, 11) is 3.23. The van der Waals surface area contributed by atoms with Crippen molar-refractivity contribution in [3.05, 3.63) is 108 Å². The van der Waals surface area contributed by atoms with Crippen molar-refractivity contribution in [3.8, 4) is 33.9 Å². The van der Waals surface area contributed by atoms with E-state index in [0.29, 0.717) is 32.3 Å². The number of fused-ring (bicyclic) bond motifs is 3. The molecule has 7 rings (SSSR count). The van der Waals surface area contributed by atoms with E-state index in [1.165, 1.54) is 11.3 Å². The zero-order valence-corrected chi connectivity index (χ0v) is 24.5. The van der Waals surface area contributed by atoms with Gasteiger partial charge in [0.25, 0.3) is 5.91 Å². The Balaban J connectivity index is 1.48. The molecular weight excluding hydrogens is 563 g/mol. The number of nitrogen functional groups attached to an aromatic ring is 1. The summed E-state index contributed by atoms with van der Waals surface area (Å²) in [4.78, 5) is 24.4. The SMILES string of the molecule is COc1cccc(-c2cc(-c3ccccc3)nc3sc(C(=O)N4c5ccccc5Sc5ccccc54)c(N)c23)c1OC. The molecule has 8 heteroatoms. The molecule has 4 aromatic carbocycles. The van der Waals surface area contributed by atoms with Gasteiger partial charge in [-0.3, -0.25) is 9.69 Å². The van der Waals surface area contributed by atoms with E-state index in [1.54, 1.807) is 30.9 Å². The average molecular weight is 588 g/mol. The van der Waals surface area contributed by atoms with E-state index in [4.69, 9.17) is 20.2 Å². The lowest BCUT2D eigenvalue weighted by Crippen LogP contribution is -2.28. The second-order valence-electron chi connectivity index (χ2n) is 9.67. The molecule has 3 heterocycles. The second-order valence-corrected chi connectivity index (χ2v) is 11.7. The van der Waals surface area contributed by atoms with Crippen LogP contribution in [0.5, 0.6) is 11.5 Å². The Kier molecular flexibility index (Phi) is 6.57. The number of aromatic nitrogens is 1. The van der Waals surface area contributed by atoms with Crippen molar-refractivity contribution in [2.24, 2.45) is 0 Å². The highest BCUT2D eigenvalue weighted by Crippen LogP contribution is 2.51. The Hall–Kier alpha value is -4.79. The van der Waals surface area contributed by atoms with Crippen molar-refractivity contribution >= 4 is 56.3 Å². The van der Waals surface area contributed by atoms with Gasteiger partial charge in [0, 0.05) is 31.9 Å². The molecule has 0 radical (unpaired) electrons. The number of para-hydroxylation sites is 3. The Morgan fingerprint density at radius 3 is 2.12 bits per heavy atom. The molecule has 0 unspecified atom stereocenters. The van der Waals surface area contributed by atoms with Crippen molar-refractivity contribution in [2.75, 3.05) is 24.9 Å². The maximum atomic E-state index is 14.5. The van der Waals surface area contributed by atoms with Gasteiger partial charge in [0.05, 0.1) is 37.0 Å². The molecule has 206 valence electrons. The van der Waals surface area contributed by atoms with Crippen LogP contribution in [0.25, 0.3) is 32.6 Å². The van der Waals surface area contributed by atoms with Gasteiger partial charge in [-0.2, -0.15) is 0 Å². The first kappa shape index (κ1) is 26.1. The van der Waals surface area contributed by atoms with Gasteiger partial charge in [0.1, 0.15) is 9.71 Å². The Bertz CT molecular complexity index is 1940. The van der Waals surface area contributed by atoms with Crippen LogP contribution in [0.15, 0.2) is 113 Å². The van der Waals surface area contributed by atoms with Crippen LogP contribution in [0.2, 0.25) is 0 Å². The van der Waals surface area contributed by atoms with Crippen LogP contribution < -0.4 is 20.1 Å². The summed E-state index contributed by atoms with van der Waals surface area (Å²) < 4.78 is 11.4. The van der Waals surface area contributed by atoms with Crippen LogP contribution in [-0.4, -0.2) is 25.1 Å². The normalized spacial score (nSPS) is 12.1. The minimum Gasteiger partial charge on any atom is -0.493 e. The van der Waals surface area contributed by atoms with Crippen LogP contribution in [0, 0.1) is 0 Å². The standard InChI is InChI=1S/C34H25N3O3S2/c1-39-26-16-10-13-21(31(26)40-2)22-19-23(20-11-4-3-5-12-20)36-33-29(22)30(35)32(42-33)34(38)37-24-14-6-8-17-27(24)41-28-18-9-7-15-25(28)37/h3-19H,35H2,1-2H3. The number of rotatable bonds is 5. The van der Waals surface area contributed by atoms with E-state index >= 15 is 0 Å². The predicted octanol–water partition coefficient (Wildman–Crippen LogP) is 8.67. The van der Waals surface area contributed by atoms with E-state index in [9.17, 15) is 4.79 Å². The number of amides is 1. The van der Waals surface area contributed by atoms with Gasteiger partial charge in [0.2, 0.25) is 0 Å². The van der Waals surface area contributed by atoms with Crippen LogP contribution >= 0.6 is 23.1 Å². The molecule has 1 amide bonds. The second kappa shape index (κ2) is 10.6. The number of methoxy groups -OCH3 is 2. The minimum absolute atomic E-state index is 0.194. The van der Waals surface area contributed by atoms with Gasteiger partial charge in [0.15, 0.2) is 11.5 Å². The smallest absolute Gasteiger partial charge is 0.275 e. The van der Waals surface area contributed by atoms with Gasteiger partial charge >= 0.3 is 0 Å². The topological polar surface area (TPSA) is 77.7 Å². The molecule has 1 aliphatic rings. The molecule has 0 atom stereocenters. The lowest BCUT2D eigenvalue weighted by atomic mass is 9.98. The lowest BCUT2D eigenvalue weighted by molar-refractivity contribution is 0.100. The Labute approximate surface area is 251 Å². The third kappa shape index (κ3) is 4.19. The van der Waals surface area contributed by atoms with Gasteiger partial charge < -0.3 is 15.2 Å². The minimum atomic E-state index is -0.194. The molecule has 0 bridgehead atoms. The summed E-state index contributed by atoms with van der Waals surface area (Å²) >= 11 is 2.96. The van der Waals surface area contributed by atoms with E-state index in [0.717, 1.165) is 43.6 Å². The molecule has 0 fully saturated rings. The monoisotopic (exact) mass is 587 g/mol. The molecule has 2 N–H and O–H groups in total. The van der Waals surface area contributed by atoms with Crippen molar-refractivity contribution in [3.63, 3.8) is 0 Å². The Morgan fingerprint density at radius 1 is 0.786 bits per heavy atom. The third-order valence-corrected chi connectivity index (χ3v) is 9.51. The molecule has 6 nitrogen and oxygen atoms in total. The first-order valence-corrected chi connectivity index (χ1v) is 14.9. The fourth-order valence-corrected chi connectivity index (χ4v) is 7.48. The predicted molar refractivity (Wildman–Crippen MR) is 171 cm³/mol. The number of benzene rings is 4. The zero-order chi connectivity index (χ0) is 28.8. The number of nitrogens with zero attached hydrogens (tertiary/aromatic N) is 2. The number of carbonyl (C=O) groups is 1. The molecule has 42 heavy (non-hydrogen) atoms. The largest absolute Gasteiger partial charge is 0.493 e. The van der Waals surface area contributed by atoms with E-state index in [-0.39, 0.29) is 5.91 Å². The summed E-state index contributed by atoms with van der Waals surface area (Å²) in [5.74, 6) is 0.992. The highest BCUT2D eigenvalue weighted by molar-refractivity contribution is 7.99. The van der Waals surface area contributed by atoms with Gasteiger partial charge in [-0.05, 0) is 36.4 Å². The average Bonchev–Trinajstić information content (AvgIpc) is 3.38. The van der Waals surface area contributed by atoms with Crippen molar-refractivity contribution in [1.29, 1.82) is 0 Å². The number of ether oxygens (including phenoxy) is 2. The molecule has 2 aromatic heterocycles. The van der Waals surface area contributed by atoms with Gasteiger partial charge in [-0.1, -0.05) is 78.5 Å². The summed E-state index contributed by atoms with van der Waals surface area (Å²) in [5, 5.41) is 0.711. The van der Waals surface area contributed by atoms with Crippen molar-refractivity contribution in [2.45, 2.75) is 9.79 Å². The molecule has 0 aliphatic carbocycles. The number of hydrogen-bond acceptors (Lipinski definition) is 7. The molecule has 1 aliphatic heterocycles. The van der Waals surface area contributed by atoms with Gasteiger partial charge in [-0.25, -0.2) is 4.98 Å². The lowest BCUT2D eigenvalue weighted by Gasteiger charge is -2.30. The summed E-state index contributed by atoms with van der Waals surface area (Å²) in [5.41, 5.74) is 12.3. The van der Waals surface area contributed by atoms with Crippen LogP contribution in [0.3, 0.4) is 0 Å². The van der Waals surface area contributed by atoms with Crippen LogP contribution in [0.1, 0.15) is 9.67 Å². The third-order valence-electron chi connectivity index (χ3n) is 7.29. The van der Waals surface area contributed by atoms with Crippen molar-refractivity contribution in [1.82, 2.24) is 4.98 Å². The zero-order valence-electron chi connectivity index (χ0n) is 22.8. The van der Waals surface area contributed by atoms with Crippen LogP contribution in [-0.2, 0) is 0 Å². The summed E-state index contributed by atoms with van der Waals surface area (Å²) in [6, 6.07) is 33.6. The number of carbonyl (C=O) groups excluding carboxylic acids is 1. The fourth-order valence-electron chi connectivity index (χ4n) is 5.37. The van der Waals surface area contributed by atoms with E-state index in [1.807, 2.05) is 103 Å².